The zero-order valence-corrected chi connectivity index (χ0v) is 15.9. The molecule has 2 aromatic rings. The van der Waals surface area contributed by atoms with Crippen LogP contribution in [0.25, 0.3) is 0 Å². The van der Waals surface area contributed by atoms with E-state index >= 15 is 0 Å². The summed E-state index contributed by atoms with van der Waals surface area (Å²) >= 11 is 0. The quantitative estimate of drug-likeness (QED) is 0.785. The fourth-order valence-electron chi connectivity index (χ4n) is 2.07. The lowest BCUT2D eigenvalue weighted by molar-refractivity contribution is -0.129. The van der Waals surface area contributed by atoms with Crippen LogP contribution in [0.4, 0.5) is 5.69 Å². The number of esters is 1. The standard InChI is InChI=1S/C21H23NO5/c1-21(2,3)18(23)13-27-20(25)15-5-9-16(10-6-15)22-19(24)14-7-11-17(26-4)12-8-14/h5-12H,13H2,1-4H3,(H,22,24). The van der Waals surface area contributed by atoms with Gasteiger partial charge in [-0.2, -0.15) is 0 Å². The third-order valence-corrected chi connectivity index (χ3v) is 3.90. The maximum absolute atomic E-state index is 12.2. The highest BCUT2D eigenvalue weighted by molar-refractivity contribution is 6.04. The van der Waals surface area contributed by atoms with Gasteiger partial charge in [-0.05, 0) is 48.5 Å². The molecule has 1 amide bonds. The summed E-state index contributed by atoms with van der Waals surface area (Å²) in [6, 6.07) is 13.0. The van der Waals surface area contributed by atoms with Gasteiger partial charge in [0.1, 0.15) is 5.75 Å². The smallest absolute Gasteiger partial charge is 0.338 e. The van der Waals surface area contributed by atoms with E-state index in [1.54, 1.807) is 64.3 Å². The molecule has 6 nitrogen and oxygen atoms in total. The van der Waals surface area contributed by atoms with Crippen LogP contribution in [-0.4, -0.2) is 31.4 Å². The van der Waals surface area contributed by atoms with Crippen LogP contribution < -0.4 is 10.1 Å². The monoisotopic (exact) mass is 369 g/mol. The van der Waals surface area contributed by atoms with E-state index in [1.807, 2.05) is 0 Å². The van der Waals surface area contributed by atoms with Crippen LogP contribution in [0.3, 0.4) is 0 Å². The zero-order valence-electron chi connectivity index (χ0n) is 15.9. The largest absolute Gasteiger partial charge is 0.497 e. The molecule has 0 unspecified atom stereocenters. The van der Waals surface area contributed by atoms with Crippen LogP contribution in [0.5, 0.6) is 5.75 Å². The summed E-state index contributed by atoms with van der Waals surface area (Å²) in [6.07, 6.45) is 0. The average molecular weight is 369 g/mol. The highest BCUT2D eigenvalue weighted by atomic mass is 16.5. The number of rotatable bonds is 6. The van der Waals surface area contributed by atoms with E-state index < -0.39 is 11.4 Å². The van der Waals surface area contributed by atoms with Gasteiger partial charge in [0.2, 0.25) is 0 Å². The molecule has 0 aliphatic heterocycles. The van der Waals surface area contributed by atoms with Gasteiger partial charge >= 0.3 is 5.97 Å². The maximum Gasteiger partial charge on any atom is 0.338 e. The number of hydrogen-bond donors (Lipinski definition) is 1. The number of anilines is 1. The Kier molecular flexibility index (Phi) is 6.34. The topological polar surface area (TPSA) is 81.7 Å². The number of nitrogens with one attached hydrogen (secondary N) is 1. The molecular formula is C21H23NO5. The second kappa shape index (κ2) is 8.49. The Morgan fingerprint density at radius 1 is 0.889 bits per heavy atom. The number of amides is 1. The van der Waals surface area contributed by atoms with E-state index in [0.29, 0.717) is 22.6 Å². The third kappa shape index (κ3) is 5.67. The molecule has 0 aliphatic carbocycles. The first-order valence-electron chi connectivity index (χ1n) is 8.46. The number of benzene rings is 2. The van der Waals surface area contributed by atoms with E-state index in [0.717, 1.165) is 0 Å². The summed E-state index contributed by atoms with van der Waals surface area (Å²) in [7, 11) is 1.56. The Bertz CT molecular complexity index is 817. The molecule has 0 heterocycles. The first kappa shape index (κ1) is 20.2. The lowest BCUT2D eigenvalue weighted by Crippen LogP contribution is -2.26. The third-order valence-electron chi connectivity index (χ3n) is 3.90. The molecule has 0 saturated heterocycles. The molecular weight excluding hydrogens is 346 g/mol. The normalized spacial score (nSPS) is 10.8. The number of ketones is 1. The first-order chi connectivity index (χ1) is 12.7. The van der Waals surface area contributed by atoms with Crippen molar-refractivity contribution >= 4 is 23.3 Å². The van der Waals surface area contributed by atoms with Crippen molar-refractivity contribution in [3.05, 3.63) is 59.7 Å². The van der Waals surface area contributed by atoms with E-state index in [9.17, 15) is 14.4 Å². The maximum atomic E-state index is 12.2. The summed E-state index contributed by atoms with van der Waals surface area (Å²) in [6.45, 7) is 5.04. The molecule has 0 saturated carbocycles. The molecule has 0 spiro atoms. The van der Waals surface area contributed by atoms with Crippen molar-refractivity contribution in [1.82, 2.24) is 0 Å². The SMILES string of the molecule is COc1ccc(C(=O)Nc2ccc(C(=O)OCC(=O)C(C)(C)C)cc2)cc1. The first-order valence-corrected chi connectivity index (χ1v) is 8.46. The highest BCUT2D eigenvalue weighted by Gasteiger charge is 2.22. The molecule has 6 heteroatoms. The summed E-state index contributed by atoms with van der Waals surface area (Å²) in [5, 5.41) is 2.75. The Labute approximate surface area is 158 Å². The molecule has 0 fully saturated rings. The Morgan fingerprint density at radius 2 is 1.44 bits per heavy atom. The van der Waals surface area contributed by atoms with Crippen LogP contribution in [0.15, 0.2) is 48.5 Å². The van der Waals surface area contributed by atoms with Crippen molar-refractivity contribution < 1.29 is 23.9 Å². The van der Waals surface area contributed by atoms with Crippen LogP contribution >= 0.6 is 0 Å². The van der Waals surface area contributed by atoms with Gasteiger partial charge in [-0.15, -0.1) is 0 Å². The van der Waals surface area contributed by atoms with Gasteiger partial charge < -0.3 is 14.8 Å². The molecule has 0 bridgehead atoms. The number of Topliss-reactive ketones (excluding diaryl/α,β-unsaturated/α-hetero) is 1. The molecule has 2 aromatic carbocycles. The molecule has 142 valence electrons. The van der Waals surface area contributed by atoms with E-state index in [1.165, 1.54) is 12.1 Å². The van der Waals surface area contributed by atoms with Crippen LogP contribution in [0, 0.1) is 5.41 Å². The highest BCUT2D eigenvalue weighted by Crippen LogP contribution is 2.17. The fourth-order valence-corrected chi connectivity index (χ4v) is 2.07. The number of ether oxygens (including phenoxy) is 2. The lowest BCUT2D eigenvalue weighted by atomic mass is 9.91. The summed E-state index contributed by atoms with van der Waals surface area (Å²) in [5.74, 6) is -0.344. The minimum atomic E-state index is -0.583. The molecule has 2 rings (SSSR count). The van der Waals surface area contributed by atoms with E-state index in [2.05, 4.69) is 5.32 Å². The molecule has 27 heavy (non-hydrogen) atoms. The summed E-state index contributed by atoms with van der Waals surface area (Å²) < 4.78 is 10.1. The minimum Gasteiger partial charge on any atom is -0.497 e. The Hall–Kier alpha value is -3.15. The van der Waals surface area contributed by atoms with Gasteiger partial charge in [-0.3, -0.25) is 9.59 Å². The molecule has 0 atom stereocenters. The number of carbonyl (C=O) groups excluding carboxylic acids is 3. The number of methoxy groups -OCH3 is 1. The van der Waals surface area contributed by atoms with Crippen molar-refractivity contribution in [1.29, 1.82) is 0 Å². The van der Waals surface area contributed by atoms with Crippen molar-refractivity contribution in [3.63, 3.8) is 0 Å². The van der Waals surface area contributed by atoms with Gasteiger partial charge in [0, 0.05) is 16.7 Å². The molecule has 0 aromatic heterocycles. The van der Waals surface area contributed by atoms with Crippen molar-refractivity contribution in [2.45, 2.75) is 20.8 Å². The Balaban J connectivity index is 1.94. The van der Waals surface area contributed by atoms with Gasteiger partial charge in [0.25, 0.3) is 5.91 Å². The lowest BCUT2D eigenvalue weighted by Gasteiger charge is -2.16. The van der Waals surface area contributed by atoms with Crippen molar-refractivity contribution in [2.75, 3.05) is 19.0 Å². The van der Waals surface area contributed by atoms with Gasteiger partial charge in [0.05, 0.1) is 12.7 Å². The molecule has 0 aliphatic rings. The van der Waals surface area contributed by atoms with Crippen molar-refractivity contribution in [3.8, 4) is 5.75 Å². The summed E-state index contributed by atoms with van der Waals surface area (Å²) in [4.78, 5) is 36.1. The molecule has 0 radical (unpaired) electrons. The van der Waals surface area contributed by atoms with Crippen LogP contribution in [0.1, 0.15) is 41.5 Å². The molecule has 1 N–H and O–H groups in total. The van der Waals surface area contributed by atoms with Crippen molar-refractivity contribution in [2.24, 2.45) is 5.41 Å². The average Bonchev–Trinajstić information content (AvgIpc) is 2.65. The second-order valence-electron chi connectivity index (χ2n) is 7.01. The van der Waals surface area contributed by atoms with E-state index in [4.69, 9.17) is 9.47 Å². The number of hydrogen-bond acceptors (Lipinski definition) is 5. The number of carbonyl (C=O) groups is 3. The van der Waals surface area contributed by atoms with E-state index in [-0.39, 0.29) is 18.3 Å². The zero-order chi connectivity index (χ0) is 20.0. The predicted molar refractivity (Wildman–Crippen MR) is 102 cm³/mol. The Morgan fingerprint density at radius 3 is 1.96 bits per heavy atom. The van der Waals surface area contributed by atoms with Crippen LogP contribution in [-0.2, 0) is 9.53 Å². The fraction of sp³-hybridized carbons (Fsp3) is 0.286. The minimum absolute atomic E-state index is 0.153. The second-order valence-corrected chi connectivity index (χ2v) is 7.01. The van der Waals surface area contributed by atoms with Gasteiger partial charge in [0.15, 0.2) is 12.4 Å². The summed E-state index contributed by atoms with van der Waals surface area (Å²) in [5.41, 5.74) is 0.771. The predicted octanol–water partition coefficient (Wildman–Crippen LogP) is 3.72. The van der Waals surface area contributed by atoms with Gasteiger partial charge in [-0.25, -0.2) is 4.79 Å². The van der Waals surface area contributed by atoms with Crippen LogP contribution in [0.2, 0.25) is 0 Å². The van der Waals surface area contributed by atoms with Gasteiger partial charge in [-0.1, -0.05) is 20.8 Å².